The van der Waals surface area contributed by atoms with Gasteiger partial charge in [0.1, 0.15) is 11.2 Å². The minimum Gasteiger partial charge on any atom is -0.444 e. The Morgan fingerprint density at radius 1 is 1.30 bits per heavy atom. The zero-order chi connectivity index (χ0) is 19.6. The number of carbonyl (C=O) groups is 2. The van der Waals surface area contributed by atoms with E-state index in [2.05, 4.69) is 15.3 Å². The summed E-state index contributed by atoms with van der Waals surface area (Å²) in [5.41, 5.74) is 1.68. The third-order valence-corrected chi connectivity index (χ3v) is 4.69. The van der Waals surface area contributed by atoms with Crippen molar-refractivity contribution in [3.8, 4) is 0 Å². The minimum atomic E-state index is -0.492. The van der Waals surface area contributed by atoms with Gasteiger partial charge in [0.25, 0.3) is 0 Å². The first kappa shape index (κ1) is 19.2. The van der Waals surface area contributed by atoms with Crippen molar-refractivity contribution in [3.05, 3.63) is 24.0 Å². The summed E-state index contributed by atoms with van der Waals surface area (Å²) < 4.78 is 5.49. The number of anilines is 1. The quantitative estimate of drug-likeness (QED) is 0.796. The lowest BCUT2D eigenvalue weighted by Crippen LogP contribution is -2.37. The van der Waals surface area contributed by atoms with E-state index in [4.69, 9.17) is 4.74 Å². The predicted octanol–water partition coefficient (Wildman–Crippen LogP) is 3.97. The second-order valence-corrected chi connectivity index (χ2v) is 8.08. The van der Waals surface area contributed by atoms with Gasteiger partial charge in [-0.05, 0) is 53.0 Å². The summed E-state index contributed by atoms with van der Waals surface area (Å²) in [7, 11) is 0. The lowest BCUT2D eigenvalue weighted by atomic mass is 10.1. The molecule has 27 heavy (non-hydrogen) atoms. The molecule has 1 saturated heterocycles. The fraction of sp³-hybridized carbons (Fsp3) is 0.550. The van der Waals surface area contributed by atoms with Crippen LogP contribution in [0.4, 0.5) is 10.5 Å². The monoisotopic (exact) mass is 372 g/mol. The van der Waals surface area contributed by atoms with Crippen molar-refractivity contribution >= 4 is 28.6 Å². The van der Waals surface area contributed by atoms with E-state index in [0.717, 1.165) is 36.0 Å². The SMILES string of the molecule is CC(=O)c1cnc2[nH]ccc2c1NC1CCCN(C(=O)OC(C)(C)C)CC1. The Labute approximate surface area is 159 Å². The first-order valence-electron chi connectivity index (χ1n) is 9.46. The van der Waals surface area contributed by atoms with E-state index < -0.39 is 5.60 Å². The van der Waals surface area contributed by atoms with Gasteiger partial charge in [0, 0.05) is 36.9 Å². The summed E-state index contributed by atoms with van der Waals surface area (Å²) in [4.78, 5) is 33.6. The van der Waals surface area contributed by atoms with E-state index in [1.54, 1.807) is 18.0 Å². The number of rotatable bonds is 3. The molecule has 0 radical (unpaired) electrons. The predicted molar refractivity (Wildman–Crippen MR) is 105 cm³/mol. The molecule has 0 saturated carbocycles. The number of Topliss-reactive ketones (excluding diaryl/α,β-unsaturated/α-hetero) is 1. The topological polar surface area (TPSA) is 87.3 Å². The van der Waals surface area contributed by atoms with Crippen molar-refractivity contribution < 1.29 is 14.3 Å². The van der Waals surface area contributed by atoms with Crippen LogP contribution in [0, 0.1) is 0 Å². The van der Waals surface area contributed by atoms with Crippen molar-refractivity contribution in [2.24, 2.45) is 0 Å². The maximum Gasteiger partial charge on any atom is 0.410 e. The van der Waals surface area contributed by atoms with E-state index in [1.807, 2.05) is 33.0 Å². The minimum absolute atomic E-state index is 0.0166. The van der Waals surface area contributed by atoms with E-state index in [-0.39, 0.29) is 17.9 Å². The van der Waals surface area contributed by atoms with Gasteiger partial charge in [0.15, 0.2) is 5.78 Å². The maximum atomic E-state index is 12.3. The van der Waals surface area contributed by atoms with Crippen LogP contribution in [-0.2, 0) is 4.74 Å². The van der Waals surface area contributed by atoms with Gasteiger partial charge < -0.3 is 19.9 Å². The van der Waals surface area contributed by atoms with Crippen molar-refractivity contribution in [1.29, 1.82) is 0 Å². The molecule has 1 atom stereocenters. The lowest BCUT2D eigenvalue weighted by Gasteiger charge is -2.26. The first-order valence-corrected chi connectivity index (χ1v) is 9.46. The highest BCUT2D eigenvalue weighted by atomic mass is 16.6. The molecule has 1 fully saturated rings. The summed E-state index contributed by atoms with van der Waals surface area (Å²) in [5.74, 6) is -0.0166. The molecule has 1 amide bonds. The number of nitrogens with one attached hydrogen (secondary N) is 2. The number of aromatic amines is 1. The van der Waals surface area contributed by atoms with E-state index >= 15 is 0 Å². The Hall–Kier alpha value is -2.57. The Morgan fingerprint density at radius 2 is 2.07 bits per heavy atom. The molecule has 3 heterocycles. The number of pyridine rings is 1. The van der Waals surface area contributed by atoms with Gasteiger partial charge in [0.05, 0.1) is 11.3 Å². The number of hydrogen-bond donors (Lipinski definition) is 2. The fourth-order valence-electron chi connectivity index (χ4n) is 3.38. The highest BCUT2D eigenvalue weighted by molar-refractivity contribution is 6.06. The van der Waals surface area contributed by atoms with Crippen molar-refractivity contribution in [1.82, 2.24) is 14.9 Å². The second kappa shape index (κ2) is 7.58. The number of ether oxygens (including phenoxy) is 1. The van der Waals surface area contributed by atoms with Gasteiger partial charge in [-0.3, -0.25) is 4.79 Å². The summed E-state index contributed by atoms with van der Waals surface area (Å²) in [5, 5.41) is 4.46. The van der Waals surface area contributed by atoms with Crippen LogP contribution in [0.3, 0.4) is 0 Å². The van der Waals surface area contributed by atoms with Crippen LogP contribution in [0.5, 0.6) is 0 Å². The Bertz CT molecular complexity index is 837. The smallest absolute Gasteiger partial charge is 0.410 e. The van der Waals surface area contributed by atoms with Gasteiger partial charge in [0.2, 0.25) is 0 Å². The number of hydrogen-bond acceptors (Lipinski definition) is 5. The zero-order valence-electron chi connectivity index (χ0n) is 16.5. The number of nitrogens with zero attached hydrogens (tertiary/aromatic N) is 2. The molecule has 1 aliphatic rings. The highest BCUT2D eigenvalue weighted by Gasteiger charge is 2.26. The Morgan fingerprint density at radius 3 is 2.78 bits per heavy atom. The van der Waals surface area contributed by atoms with E-state index in [0.29, 0.717) is 18.7 Å². The van der Waals surface area contributed by atoms with Crippen LogP contribution in [0.1, 0.15) is 57.3 Å². The first-order chi connectivity index (χ1) is 12.7. The summed E-state index contributed by atoms with van der Waals surface area (Å²) in [6.07, 6.45) is 5.78. The van der Waals surface area contributed by atoms with Gasteiger partial charge in [-0.25, -0.2) is 9.78 Å². The molecular formula is C20H28N4O3. The fourth-order valence-corrected chi connectivity index (χ4v) is 3.38. The van der Waals surface area contributed by atoms with Crippen LogP contribution in [0.2, 0.25) is 0 Å². The molecule has 0 aromatic carbocycles. The number of likely N-dealkylation sites (tertiary alicyclic amines) is 1. The molecule has 146 valence electrons. The highest BCUT2D eigenvalue weighted by Crippen LogP contribution is 2.28. The standard InChI is InChI=1S/C20H28N4O3/c1-13(25)16-12-22-18-15(7-9-21-18)17(16)23-14-6-5-10-24(11-8-14)19(26)27-20(2,3)4/h7,9,12,14H,5-6,8,10-11H2,1-4H3,(H2,21,22,23). The van der Waals surface area contributed by atoms with Gasteiger partial charge in [-0.1, -0.05) is 0 Å². The molecule has 1 unspecified atom stereocenters. The molecular weight excluding hydrogens is 344 g/mol. The van der Waals surface area contributed by atoms with E-state index in [1.165, 1.54) is 0 Å². The normalized spacial score (nSPS) is 18.2. The molecule has 2 aromatic rings. The number of fused-ring (bicyclic) bond motifs is 1. The van der Waals surface area contributed by atoms with Crippen LogP contribution in [-0.4, -0.2) is 51.5 Å². The molecule has 2 N–H and O–H groups in total. The number of aromatic nitrogens is 2. The summed E-state index contributed by atoms with van der Waals surface area (Å²) in [6, 6.07) is 2.11. The number of H-pyrrole nitrogens is 1. The average molecular weight is 372 g/mol. The zero-order valence-corrected chi connectivity index (χ0v) is 16.5. The maximum absolute atomic E-state index is 12.3. The molecule has 0 spiro atoms. The van der Waals surface area contributed by atoms with Gasteiger partial charge in [-0.15, -0.1) is 0 Å². The summed E-state index contributed by atoms with van der Waals surface area (Å²) in [6.45, 7) is 8.50. The lowest BCUT2D eigenvalue weighted by molar-refractivity contribution is 0.0256. The Balaban J connectivity index is 1.73. The van der Waals surface area contributed by atoms with Crippen LogP contribution >= 0.6 is 0 Å². The average Bonchev–Trinajstić information content (AvgIpc) is 2.92. The largest absolute Gasteiger partial charge is 0.444 e. The molecule has 0 aliphatic carbocycles. The van der Waals surface area contributed by atoms with Gasteiger partial charge >= 0.3 is 6.09 Å². The molecule has 2 aromatic heterocycles. The van der Waals surface area contributed by atoms with Crippen molar-refractivity contribution in [3.63, 3.8) is 0 Å². The molecule has 7 heteroatoms. The van der Waals surface area contributed by atoms with E-state index in [9.17, 15) is 9.59 Å². The molecule has 7 nitrogen and oxygen atoms in total. The molecule has 0 bridgehead atoms. The number of amides is 1. The number of ketones is 1. The van der Waals surface area contributed by atoms with Crippen LogP contribution < -0.4 is 5.32 Å². The third-order valence-electron chi connectivity index (χ3n) is 4.69. The van der Waals surface area contributed by atoms with Crippen LogP contribution in [0.15, 0.2) is 18.5 Å². The molecule has 1 aliphatic heterocycles. The number of carbonyl (C=O) groups excluding carboxylic acids is 2. The van der Waals surface area contributed by atoms with Crippen molar-refractivity contribution in [2.45, 2.75) is 58.6 Å². The van der Waals surface area contributed by atoms with Crippen molar-refractivity contribution in [2.75, 3.05) is 18.4 Å². The van der Waals surface area contributed by atoms with Gasteiger partial charge in [-0.2, -0.15) is 0 Å². The third kappa shape index (κ3) is 4.59. The molecule has 3 rings (SSSR count). The second-order valence-electron chi connectivity index (χ2n) is 8.08. The summed E-state index contributed by atoms with van der Waals surface area (Å²) >= 11 is 0. The van der Waals surface area contributed by atoms with Crippen LogP contribution in [0.25, 0.3) is 11.0 Å². The Kier molecular flexibility index (Phi) is 5.39.